The molecular formula is C18H26N4O2. The van der Waals surface area contributed by atoms with Gasteiger partial charge in [-0.25, -0.2) is 0 Å². The Hall–Kier alpha value is -2.21. The number of piperidine rings is 1. The average Bonchev–Trinajstić information content (AvgIpc) is 3.01. The second-order valence-electron chi connectivity index (χ2n) is 6.55. The van der Waals surface area contributed by atoms with E-state index in [4.69, 9.17) is 15.2 Å². The molecule has 2 N–H and O–H groups in total. The molecule has 6 nitrogen and oxygen atoms in total. The van der Waals surface area contributed by atoms with Crippen molar-refractivity contribution in [2.45, 2.75) is 12.8 Å². The first-order valence-electron chi connectivity index (χ1n) is 8.34. The zero-order chi connectivity index (χ0) is 17.1. The molecule has 1 saturated heterocycles. The molecule has 0 amide bonds. The minimum atomic E-state index is 0.589. The van der Waals surface area contributed by atoms with Crippen LogP contribution < -0.4 is 15.2 Å². The van der Waals surface area contributed by atoms with Gasteiger partial charge in [-0.2, -0.15) is 5.10 Å². The smallest absolute Gasteiger partial charge is 0.145 e. The number of rotatable bonds is 5. The molecule has 0 radical (unpaired) electrons. The van der Waals surface area contributed by atoms with E-state index < -0.39 is 0 Å². The number of hydrogen-bond acceptors (Lipinski definition) is 5. The minimum absolute atomic E-state index is 0.589. The number of hydrogen-bond donors (Lipinski definition) is 1. The van der Waals surface area contributed by atoms with Crippen LogP contribution >= 0.6 is 0 Å². The summed E-state index contributed by atoms with van der Waals surface area (Å²) in [4.78, 5) is 2.36. The number of aryl methyl sites for hydroxylation is 1. The zero-order valence-electron chi connectivity index (χ0n) is 14.7. The van der Waals surface area contributed by atoms with Crippen LogP contribution in [0, 0.1) is 5.92 Å². The van der Waals surface area contributed by atoms with Gasteiger partial charge in [-0.15, -0.1) is 0 Å². The van der Waals surface area contributed by atoms with Gasteiger partial charge < -0.3 is 20.1 Å². The van der Waals surface area contributed by atoms with Crippen molar-refractivity contribution in [2.24, 2.45) is 13.0 Å². The maximum absolute atomic E-state index is 6.18. The molecule has 0 bridgehead atoms. The van der Waals surface area contributed by atoms with Crippen molar-refractivity contribution in [3.8, 4) is 22.6 Å². The third-order valence-corrected chi connectivity index (χ3v) is 4.66. The Morgan fingerprint density at radius 1 is 1.21 bits per heavy atom. The number of likely N-dealkylation sites (tertiary alicyclic amines) is 1. The van der Waals surface area contributed by atoms with Crippen molar-refractivity contribution in [3.05, 3.63) is 24.5 Å². The molecule has 2 aromatic rings. The predicted molar refractivity (Wildman–Crippen MR) is 95.3 cm³/mol. The normalized spacial score (nSPS) is 16.3. The van der Waals surface area contributed by atoms with Crippen LogP contribution in [0.3, 0.4) is 0 Å². The highest BCUT2D eigenvalue weighted by atomic mass is 16.5. The number of nitrogens with zero attached hydrogens (tertiary/aromatic N) is 3. The van der Waals surface area contributed by atoms with Crippen molar-refractivity contribution in [1.29, 1.82) is 0 Å². The average molecular weight is 330 g/mol. The molecule has 3 rings (SSSR count). The van der Waals surface area contributed by atoms with E-state index in [0.717, 1.165) is 30.0 Å². The van der Waals surface area contributed by atoms with Crippen LogP contribution in [0.15, 0.2) is 24.5 Å². The maximum Gasteiger partial charge on any atom is 0.145 e. The molecule has 24 heavy (non-hydrogen) atoms. The molecule has 0 atom stereocenters. The second kappa shape index (κ2) is 7.13. The van der Waals surface area contributed by atoms with E-state index >= 15 is 0 Å². The first-order chi connectivity index (χ1) is 11.6. The topological polar surface area (TPSA) is 65.5 Å². The summed E-state index contributed by atoms with van der Waals surface area (Å²) in [6.45, 7) is 2.98. The van der Waals surface area contributed by atoms with Crippen LogP contribution in [0.25, 0.3) is 11.1 Å². The van der Waals surface area contributed by atoms with Crippen LogP contribution in [0.2, 0.25) is 0 Å². The number of nitrogen functional groups attached to an aromatic ring is 1. The molecule has 1 aromatic heterocycles. The Bertz CT molecular complexity index is 690. The Labute approximate surface area is 143 Å². The number of benzene rings is 1. The molecule has 130 valence electrons. The van der Waals surface area contributed by atoms with E-state index in [1.807, 2.05) is 31.6 Å². The van der Waals surface area contributed by atoms with E-state index in [9.17, 15) is 0 Å². The number of anilines is 1. The first-order valence-corrected chi connectivity index (χ1v) is 8.34. The monoisotopic (exact) mass is 330 g/mol. The van der Waals surface area contributed by atoms with Gasteiger partial charge in [-0.3, -0.25) is 4.68 Å². The summed E-state index contributed by atoms with van der Waals surface area (Å²) in [7, 11) is 5.69. The molecular weight excluding hydrogens is 304 g/mol. The third kappa shape index (κ3) is 3.64. The summed E-state index contributed by atoms with van der Waals surface area (Å²) in [5.41, 5.74) is 8.63. The summed E-state index contributed by atoms with van der Waals surface area (Å²) in [6, 6.07) is 3.78. The second-order valence-corrected chi connectivity index (χ2v) is 6.55. The van der Waals surface area contributed by atoms with Crippen molar-refractivity contribution < 1.29 is 9.47 Å². The van der Waals surface area contributed by atoms with E-state index in [2.05, 4.69) is 17.0 Å². The SMILES string of the molecule is COc1cc(OCC2CCN(C)CC2)c(-c2cnn(C)c2)cc1N. The lowest BCUT2D eigenvalue weighted by Crippen LogP contribution is -2.32. The Morgan fingerprint density at radius 3 is 2.58 bits per heavy atom. The van der Waals surface area contributed by atoms with Crippen molar-refractivity contribution in [3.63, 3.8) is 0 Å². The van der Waals surface area contributed by atoms with Gasteiger partial charge in [0.05, 0.1) is 25.6 Å². The summed E-state index contributed by atoms with van der Waals surface area (Å²) < 4.78 is 13.3. The predicted octanol–water partition coefficient (Wildman–Crippen LogP) is 2.40. The lowest BCUT2D eigenvalue weighted by Gasteiger charge is -2.29. The van der Waals surface area contributed by atoms with Crippen LogP contribution in [-0.2, 0) is 7.05 Å². The van der Waals surface area contributed by atoms with Gasteiger partial charge >= 0.3 is 0 Å². The van der Waals surface area contributed by atoms with Gasteiger partial charge in [0.25, 0.3) is 0 Å². The molecule has 1 fully saturated rings. The Balaban J connectivity index is 1.82. The summed E-state index contributed by atoms with van der Waals surface area (Å²) in [5, 5.41) is 4.25. The zero-order valence-corrected chi connectivity index (χ0v) is 14.7. The lowest BCUT2D eigenvalue weighted by atomic mass is 9.98. The van der Waals surface area contributed by atoms with Crippen LogP contribution in [0.1, 0.15) is 12.8 Å². The summed E-state index contributed by atoms with van der Waals surface area (Å²) in [6.07, 6.45) is 6.13. The highest BCUT2D eigenvalue weighted by molar-refractivity contribution is 5.76. The van der Waals surface area contributed by atoms with Gasteiger partial charge in [0.2, 0.25) is 0 Å². The van der Waals surface area contributed by atoms with E-state index in [0.29, 0.717) is 24.0 Å². The van der Waals surface area contributed by atoms with Gasteiger partial charge in [0.1, 0.15) is 11.5 Å². The van der Waals surface area contributed by atoms with Crippen LogP contribution in [-0.4, -0.2) is 48.5 Å². The van der Waals surface area contributed by atoms with E-state index in [1.165, 1.54) is 12.8 Å². The van der Waals surface area contributed by atoms with Crippen LogP contribution in [0.5, 0.6) is 11.5 Å². The van der Waals surface area contributed by atoms with E-state index in [1.54, 1.807) is 11.8 Å². The molecule has 2 heterocycles. The van der Waals surface area contributed by atoms with E-state index in [-0.39, 0.29) is 0 Å². The fraction of sp³-hybridized carbons (Fsp3) is 0.500. The molecule has 0 unspecified atom stereocenters. The van der Waals surface area contributed by atoms with Gasteiger partial charge in [0, 0.05) is 30.4 Å². The van der Waals surface area contributed by atoms with Gasteiger partial charge in [-0.1, -0.05) is 0 Å². The van der Waals surface area contributed by atoms with Gasteiger partial charge in [0.15, 0.2) is 0 Å². The standard InChI is InChI=1S/C18H26N4O2/c1-21-6-4-13(5-7-21)12-24-17-9-18(23-3)16(19)8-15(17)14-10-20-22(2)11-14/h8-11,13H,4-7,12,19H2,1-3H3. The minimum Gasteiger partial charge on any atom is -0.494 e. The summed E-state index contributed by atoms with van der Waals surface area (Å²) >= 11 is 0. The number of nitrogens with two attached hydrogens (primary N) is 1. The molecule has 0 aliphatic carbocycles. The van der Waals surface area contributed by atoms with Crippen LogP contribution in [0.4, 0.5) is 5.69 Å². The Kier molecular flexibility index (Phi) is 4.94. The molecule has 1 aromatic carbocycles. The maximum atomic E-state index is 6.18. The number of aromatic nitrogens is 2. The van der Waals surface area contributed by atoms with Crippen molar-refractivity contribution >= 4 is 5.69 Å². The molecule has 6 heteroatoms. The molecule has 0 saturated carbocycles. The van der Waals surface area contributed by atoms with Gasteiger partial charge in [-0.05, 0) is 45.0 Å². The molecule has 1 aliphatic heterocycles. The molecule has 1 aliphatic rings. The highest BCUT2D eigenvalue weighted by Gasteiger charge is 2.19. The first kappa shape index (κ1) is 16.6. The number of methoxy groups -OCH3 is 1. The fourth-order valence-electron chi connectivity index (χ4n) is 3.10. The number of ether oxygens (including phenoxy) is 2. The third-order valence-electron chi connectivity index (χ3n) is 4.66. The highest BCUT2D eigenvalue weighted by Crippen LogP contribution is 2.38. The van der Waals surface area contributed by atoms with Crippen molar-refractivity contribution in [1.82, 2.24) is 14.7 Å². The fourth-order valence-corrected chi connectivity index (χ4v) is 3.10. The molecule has 0 spiro atoms. The quantitative estimate of drug-likeness (QED) is 0.853. The summed E-state index contributed by atoms with van der Waals surface area (Å²) in [5.74, 6) is 2.03. The lowest BCUT2D eigenvalue weighted by molar-refractivity contribution is 0.160. The largest absolute Gasteiger partial charge is 0.494 e. The van der Waals surface area contributed by atoms with Crippen molar-refractivity contribution in [2.75, 3.05) is 39.6 Å². The Morgan fingerprint density at radius 2 is 1.96 bits per heavy atom.